The molecule has 166 valence electrons. The normalized spacial score (nSPS) is 13.6. The maximum absolute atomic E-state index is 12.9. The molecule has 0 saturated heterocycles. The Labute approximate surface area is 189 Å². The first-order chi connectivity index (χ1) is 15.4. The summed E-state index contributed by atoms with van der Waals surface area (Å²) in [6.07, 6.45) is 2.46. The van der Waals surface area contributed by atoms with Crippen LogP contribution >= 0.6 is 11.8 Å². The van der Waals surface area contributed by atoms with Gasteiger partial charge in [0, 0.05) is 24.1 Å². The number of ketones is 1. The molecule has 0 aliphatic carbocycles. The number of hydrogen-bond donors (Lipinski definition) is 1. The molecule has 1 aromatic carbocycles. The summed E-state index contributed by atoms with van der Waals surface area (Å²) in [6, 6.07) is 7.22. The van der Waals surface area contributed by atoms with E-state index in [1.54, 1.807) is 36.2 Å². The highest BCUT2D eigenvalue weighted by Gasteiger charge is 2.41. The second kappa shape index (κ2) is 10.3. The third-order valence-electron chi connectivity index (χ3n) is 5.05. The molecule has 2 aromatic rings. The summed E-state index contributed by atoms with van der Waals surface area (Å²) in [5.74, 6) is -0.928. The van der Waals surface area contributed by atoms with Gasteiger partial charge in [0.1, 0.15) is 12.0 Å². The van der Waals surface area contributed by atoms with Crippen molar-refractivity contribution in [2.75, 3.05) is 5.75 Å². The lowest BCUT2D eigenvalue weighted by Crippen LogP contribution is -2.44. The van der Waals surface area contributed by atoms with Crippen molar-refractivity contribution in [3.05, 3.63) is 58.9 Å². The van der Waals surface area contributed by atoms with Gasteiger partial charge >= 0.3 is 0 Å². The number of amides is 3. The molecule has 1 aliphatic rings. The Balaban J connectivity index is 1.71. The van der Waals surface area contributed by atoms with Crippen molar-refractivity contribution in [1.82, 2.24) is 15.2 Å². The van der Waals surface area contributed by atoms with Crippen molar-refractivity contribution in [2.45, 2.75) is 44.2 Å². The molecule has 0 bridgehead atoms. The lowest BCUT2D eigenvalue weighted by molar-refractivity contribution is -0.121. The van der Waals surface area contributed by atoms with E-state index in [-0.39, 0.29) is 47.9 Å². The molecule has 1 aliphatic heterocycles. The van der Waals surface area contributed by atoms with Crippen LogP contribution in [-0.2, 0) is 16.1 Å². The molecule has 1 aromatic heterocycles. The smallest absolute Gasteiger partial charge is 0.270 e. The van der Waals surface area contributed by atoms with Gasteiger partial charge in [-0.3, -0.25) is 24.1 Å². The van der Waals surface area contributed by atoms with Crippen LogP contribution in [0.1, 0.15) is 63.5 Å². The third-order valence-corrected chi connectivity index (χ3v) is 5.92. The molecular weight excluding hydrogens is 430 g/mol. The first-order valence-electron chi connectivity index (χ1n) is 10.2. The predicted octanol–water partition coefficient (Wildman–Crippen LogP) is 2.66. The van der Waals surface area contributed by atoms with E-state index >= 15 is 0 Å². The van der Waals surface area contributed by atoms with Crippen LogP contribution in [0.15, 0.2) is 41.4 Å². The average Bonchev–Trinajstić information content (AvgIpc) is 3.03. The zero-order chi connectivity index (χ0) is 23.3. The number of fused-ring (bicyclic) bond motifs is 1. The highest BCUT2D eigenvalue weighted by Crippen LogP contribution is 2.27. The largest absolute Gasteiger partial charge is 0.347 e. The van der Waals surface area contributed by atoms with E-state index in [4.69, 9.17) is 0 Å². The number of carbonyl (C=O) groups is 5. The molecule has 3 rings (SSSR count). The van der Waals surface area contributed by atoms with Crippen LogP contribution in [0, 0.1) is 0 Å². The first kappa shape index (κ1) is 23.3. The molecule has 2 heterocycles. The highest BCUT2D eigenvalue weighted by molar-refractivity contribution is 7.99. The summed E-state index contributed by atoms with van der Waals surface area (Å²) in [5.41, 5.74) is 1.29. The monoisotopic (exact) mass is 453 g/mol. The van der Waals surface area contributed by atoms with E-state index in [0.717, 1.165) is 15.5 Å². The number of nitrogens with zero attached hydrogens (tertiary/aromatic N) is 2. The molecule has 1 unspecified atom stereocenters. The molecule has 0 radical (unpaired) electrons. The topological polar surface area (TPSA) is 114 Å². The Bertz CT molecular complexity index is 1070. The Morgan fingerprint density at radius 1 is 1.16 bits per heavy atom. The van der Waals surface area contributed by atoms with Crippen molar-refractivity contribution in [1.29, 1.82) is 0 Å². The first-order valence-corrected chi connectivity index (χ1v) is 11.2. The number of imide groups is 1. The minimum absolute atomic E-state index is 0.0705. The standard InChI is InChI=1S/C23H23N3O5S/c1-3-32-16-7-9-19(24-13-16)21(29)25-12-15-6-8-17-18(11-15)23(31)26(22(17)30)20(14(2)28)5-4-10-27/h6-11,13,20H,3-5,12H2,1-2H3,(H,25,29). The molecule has 9 heteroatoms. The molecule has 0 saturated carbocycles. The second-order valence-corrected chi connectivity index (χ2v) is 8.56. The van der Waals surface area contributed by atoms with Gasteiger partial charge in [0.2, 0.25) is 0 Å². The van der Waals surface area contributed by atoms with Crippen molar-refractivity contribution in [3.8, 4) is 0 Å². The number of Topliss-reactive ketones (excluding diaryl/α,β-unsaturated/α-hetero) is 1. The van der Waals surface area contributed by atoms with Gasteiger partial charge in [-0.2, -0.15) is 0 Å². The number of aromatic nitrogens is 1. The Morgan fingerprint density at radius 2 is 1.91 bits per heavy atom. The van der Waals surface area contributed by atoms with E-state index in [2.05, 4.69) is 10.3 Å². The van der Waals surface area contributed by atoms with Gasteiger partial charge in [-0.05, 0) is 48.9 Å². The quantitative estimate of drug-likeness (QED) is 0.334. The van der Waals surface area contributed by atoms with Crippen LogP contribution in [0.25, 0.3) is 0 Å². The highest BCUT2D eigenvalue weighted by atomic mass is 32.2. The number of aldehydes is 1. The number of pyridine rings is 1. The van der Waals surface area contributed by atoms with Gasteiger partial charge in [-0.1, -0.05) is 13.0 Å². The Morgan fingerprint density at radius 3 is 2.53 bits per heavy atom. The van der Waals surface area contributed by atoms with Crippen LogP contribution in [0.4, 0.5) is 0 Å². The predicted molar refractivity (Wildman–Crippen MR) is 119 cm³/mol. The number of benzene rings is 1. The zero-order valence-electron chi connectivity index (χ0n) is 17.8. The maximum Gasteiger partial charge on any atom is 0.270 e. The molecule has 32 heavy (non-hydrogen) atoms. The summed E-state index contributed by atoms with van der Waals surface area (Å²) < 4.78 is 0. The van der Waals surface area contributed by atoms with Crippen molar-refractivity contribution >= 4 is 41.6 Å². The van der Waals surface area contributed by atoms with Crippen molar-refractivity contribution in [2.24, 2.45) is 0 Å². The molecule has 0 spiro atoms. The average molecular weight is 454 g/mol. The number of carbonyl (C=O) groups excluding carboxylic acids is 5. The second-order valence-electron chi connectivity index (χ2n) is 7.23. The summed E-state index contributed by atoms with van der Waals surface area (Å²) >= 11 is 1.63. The lowest BCUT2D eigenvalue weighted by atomic mass is 10.1. The number of thioether (sulfide) groups is 1. The number of hydrogen-bond acceptors (Lipinski definition) is 7. The molecule has 8 nitrogen and oxygen atoms in total. The van der Waals surface area contributed by atoms with Gasteiger partial charge in [-0.15, -0.1) is 11.8 Å². The molecular formula is C23H23N3O5S. The molecule has 1 N–H and O–H groups in total. The maximum atomic E-state index is 12.9. The fourth-order valence-electron chi connectivity index (χ4n) is 3.48. The molecule has 1 atom stereocenters. The van der Waals surface area contributed by atoms with Crippen LogP contribution < -0.4 is 5.32 Å². The van der Waals surface area contributed by atoms with Gasteiger partial charge in [0.05, 0.1) is 17.2 Å². The number of nitrogens with one attached hydrogen (secondary N) is 1. The Hall–Kier alpha value is -3.33. The fraction of sp³-hybridized carbons (Fsp3) is 0.304. The summed E-state index contributed by atoms with van der Waals surface area (Å²) in [5, 5.41) is 2.75. The van der Waals surface area contributed by atoms with Crippen LogP contribution in [-0.4, -0.2) is 51.5 Å². The molecule has 3 amide bonds. The van der Waals surface area contributed by atoms with Crippen LogP contribution in [0.3, 0.4) is 0 Å². The summed E-state index contributed by atoms with van der Waals surface area (Å²) in [4.78, 5) is 66.8. The number of rotatable bonds is 10. The zero-order valence-corrected chi connectivity index (χ0v) is 18.6. The van der Waals surface area contributed by atoms with Gasteiger partial charge in [0.25, 0.3) is 17.7 Å². The van der Waals surface area contributed by atoms with Gasteiger partial charge < -0.3 is 10.1 Å². The summed E-state index contributed by atoms with van der Waals surface area (Å²) in [7, 11) is 0. The van der Waals surface area contributed by atoms with E-state index < -0.39 is 17.9 Å². The van der Waals surface area contributed by atoms with Gasteiger partial charge in [-0.25, -0.2) is 4.98 Å². The van der Waals surface area contributed by atoms with E-state index in [1.165, 1.54) is 13.0 Å². The SMILES string of the molecule is CCSc1ccc(C(=O)NCc2ccc3c(c2)C(=O)N(C(CCC=O)C(C)=O)C3=O)nc1. The van der Waals surface area contributed by atoms with Crippen LogP contribution in [0.5, 0.6) is 0 Å². The van der Waals surface area contributed by atoms with E-state index in [0.29, 0.717) is 11.8 Å². The Kier molecular flexibility index (Phi) is 7.53. The van der Waals surface area contributed by atoms with Crippen LogP contribution in [0.2, 0.25) is 0 Å². The van der Waals surface area contributed by atoms with E-state index in [1.807, 2.05) is 13.0 Å². The third kappa shape index (κ3) is 4.94. The minimum atomic E-state index is -0.976. The molecule has 0 fully saturated rings. The van der Waals surface area contributed by atoms with E-state index in [9.17, 15) is 24.0 Å². The fourth-order valence-corrected chi connectivity index (χ4v) is 4.10. The van der Waals surface area contributed by atoms with Crippen molar-refractivity contribution < 1.29 is 24.0 Å². The summed E-state index contributed by atoms with van der Waals surface area (Å²) in [6.45, 7) is 3.47. The van der Waals surface area contributed by atoms with Crippen molar-refractivity contribution in [3.63, 3.8) is 0 Å². The minimum Gasteiger partial charge on any atom is -0.347 e. The van der Waals surface area contributed by atoms with Gasteiger partial charge in [0.15, 0.2) is 5.78 Å². The lowest BCUT2D eigenvalue weighted by Gasteiger charge is -2.23.